The average Bonchev–Trinajstić information content (AvgIpc) is 3.37. The van der Waals surface area contributed by atoms with Crippen molar-refractivity contribution in [1.82, 2.24) is 4.57 Å². The number of ether oxygens (including phenoxy) is 1. The first-order chi connectivity index (χ1) is 19.4. The van der Waals surface area contributed by atoms with E-state index >= 15 is 4.39 Å². The monoisotopic (exact) mass is 606 g/mol. The summed E-state index contributed by atoms with van der Waals surface area (Å²) in [7, 11) is 1.28. The van der Waals surface area contributed by atoms with E-state index in [9.17, 15) is 22.4 Å². The van der Waals surface area contributed by atoms with Crippen LogP contribution in [-0.4, -0.2) is 17.4 Å². The Bertz CT molecular complexity index is 1710. The molecular formula is C30H24ClF5N2O2S. The molecule has 2 atom stereocenters. The average molecular weight is 607 g/mol. The minimum atomic E-state index is -4.81. The van der Waals surface area contributed by atoms with E-state index in [1.807, 2.05) is 0 Å². The van der Waals surface area contributed by atoms with Gasteiger partial charge >= 0.3 is 6.18 Å². The van der Waals surface area contributed by atoms with Crippen molar-refractivity contribution >= 4 is 23.4 Å². The van der Waals surface area contributed by atoms with Crippen LogP contribution in [-0.2, 0) is 12.6 Å². The molecule has 1 aromatic heterocycles. The Hall–Kier alpha value is -3.34. The normalized spacial score (nSPS) is 15.6. The standard InChI is InChI=1S/C30H24ClF5N2O2S/c1-15-19(13-20-21(30(34,35)36)9-5-10-22(20)32)29-38(23(14-41-29)27(37)16-6-3-7-17(31)12-16)28(39)25(15)18-8-4-11-24(40-2)26(18)33/h3-12,23,27H,13-14,37H2,1-2H3. The molecule has 0 radical (unpaired) electrons. The maximum Gasteiger partial charge on any atom is 0.416 e. The van der Waals surface area contributed by atoms with Crippen LogP contribution in [0.1, 0.15) is 39.9 Å². The molecule has 0 bridgehead atoms. The van der Waals surface area contributed by atoms with Gasteiger partial charge in [0.2, 0.25) is 0 Å². The number of methoxy groups -OCH3 is 1. The molecule has 11 heteroatoms. The molecule has 0 amide bonds. The number of benzene rings is 3. The Kier molecular flexibility index (Phi) is 7.93. The van der Waals surface area contributed by atoms with Crippen LogP contribution in [0, 0.1) is 18.6 Å². The summed E-state index contributed by atoms with van der Waals surface area (Å²) in [4.78, 5) is 14.2. The van der Waals surface area contributed by atoms with Crippen molar-refractivity contribution in [2.24, 2.45) is 5.73 Å². The summed E-state index contributed by atoms with van der Waals surface area (Å²) < 4.78 is 78.8. The fourth-order valence-corrected chi connectivity index (χ4v) is 6.94. The molecule has 0 saturated carbocycles. The van der Waals surface area contributed by atoms with Crippen LogP contribution < -0.4 is 16.0 Å². The summed E-state index contributed by atoms with van der Waals surface area (Å²) in [6.45, 7) is 1.53. The zero-order valence-corrected chi connectivity index (χ0v) is 23.4. The zero-order chi connectivity index (χ0) is 29.6. The number of nitrogens with two attached hydrogens (primary N) is 1. The predicted octanol–water partition coefficient (Wildman–Crippen LogP) is 7.72. The van der Waals surface area contributed by atoms with Gasteiger partial charge in [-0.15, -0.1) is 11.8 Å². The summed E-state index contributed by atoms with van der Waals surface area (Å²) in [5.74, 6) is -1.63. The van der Waals surface area contributed by atoms with Gasteiger partial charge in [0.25, 0.3) is 5.56 Å². The molecule has 0 saturated heterocycles. The summed E-state index contributed by atoms with van der Waals surface area (Å²) in [6.07, 6.45) is -5.29. The molecule has 1 aliphatic heterocycles. The van der Waals surface area contributed by atoms with E-state index in [1.165, 1.54) is 48.6 Å². The van der Waals surface area contributed by atoms with Crippen molar-refractivity contribution in [3.8, 4) is 16.9 Å². The first-order valence-electron chi connectivity index (χ1n) is 12.5. The fraction of sp³-hybridized carbons (Fsp3) is 0.233. The van der Waals surface area contributed by atoms with Gasteiger partial charge in [-0.1, -0.05) is 41.9 Å². The lowest BCUT2D eigenvalue weighted by Crippen LogP contribution is -2.33. The van der Waals surface area contributed by atoms with E-state index in [2.05, 4.69) is 0 Å². The molecule has 0 fully saturated rings. The molecule has 2 N–H and O–H groups in total. The molecule has 4 aromatic rings. The van der Waals surface area contributed by atoms with Gasteiger partial charge < -0.3 is 10.5 Å². The topological polar surface area (TPSA) is 57.2 Å². The number of halogens is 6. The van der Waals surface area contributed by atoms with Crippen molar-refractivity contribution in [2.75, 3.05) is 12.9 Å². The molecule has 4 nitrogen and oxygen atoms in total. The van der Waals surface area contributed by atoms with Gasteiger partial charge in [0, 0.05) is 28.3 Å². The number of hydrogen-bond acceptors (Lipinski definition) is 4. The smallest absolute Gasteiger partial charge is 0.416 e. The van der Waals surface area contributed by atoms with Crippen LogP contribution in [0.5, 0.6) is 5.75 Å². The minimum Gasteiger partial charge on any atom is -0.494 e. The highest BCUT2D eigenvalue weighted by atomic mass is 35.5. The second-order valence-corrected chi connectivity index (χ2v) is 11.1. The summed E-state index contributed by atoms with van der Waals surface area (Å²) >= 11 is 7.41. The van der Waals surface area contributed by atoms with Crippen LogP contribution in [0.25, 0.3) is 11.1 Å². The Balaban J connectivity index is 1.79. The molecule has 0 spiro atoms. The summed E-state index contributed by atoms with van der Waals surface area (Å²) in [5, 5.41) is 0.803. The quantitative estimate of drug-likeness (QED) is 0.228. The second-order valence-electron chi connectivity index (χ2n) is 9.68. The predicted molar refractivity (Wildman–Crippen MR) is 150 cm³/mol. The Morgan fingerprint density at radius 1 is 1.10 bits per heavy atom. The fourth-order valence-electron chi connectivity index (χ4n) is 5.29. The lowest BCUT2D eigenvalue weighted by atomic mass is 9.91. The van der Waals surface area contributed by atoms with Crippen molar-refractivity contribution in [1.29, 1.82) is 0 Å². The Morgan fingerprint density at radius 2 is 1.80 bits per heavy atom. The maximum absolute atomic E-state index is 15.6. The number of hydrogen-bond donors (Lipinski definition) is 1. The molecule has 2 unspecified atom stereocenters. The molecule has 5 rings (SSSR count). The Morgan fingerprint density at radius 3 is 2.49 bits per heavy atom. The van der Waals surface area contributed by atoms with Gasteiger partial charge in [0.05, 0.1) is 35.3 Å². The molecule has 1 aliphatic rings. The highest BCUT2D eigenvalue weighted by Crippen LogP contribution is 2.45. The number of fused-ring (bicyclic) bond motifs is 1. The summed E-state index contributed by atoms with van der Waals surface area (Å²) in [5.41, 5.74) is 5.41. The van der Waals surface area contributed by atoms with Crippen LogP contribution in [0.3, 0.4) is 0 Å². The van der Waals surface area contributed by atoms with Gasteiger partial charge in [-0.25, -0.2) is 8.78 Å². The third-order valence-corrected chi connectivity index (χ3v) is 8.80. The highest BCUT2D eigenvalue weighted by molar-refractivity contribution is 7.99. The molecule has 2 heterocycles. The van der Waals surface area contributed by atoms with E-state index < -0.39 is 53.0 Å². The largest absolute Gasteiger partial charge is 0.494 e. The van der Waals surface area contributed by atoms with E-state index in [1.54, 1.807) is 24.3 Å². The molecular weight excluding hydrogens is 583 g/mol. The third-order valence-electron chi connectivity index (χ3n) is 7.34. The number of thioether (sulfide) groups is 1. The number of aromatic nitrogens is 1. The second kappa shape index (κ2) is 11.2. The van der Waals surface area contributed by atoms with Gasteiger partial charge in [-0.3, -0.25) is 9.36 Å². The van der Waals surface area contributed by atoms with E-state index in [4.69, 9.17) is 22.1 Å². The lowest BCUT2D eigenvalue weighted by Gasteiger charge is -2.25. The van der Waals surface area contributed by atoms with E-state index in [0.717, 1.165) is 18.2 Å². The maximum atomic E-state index is 15.6. The minimum absolute atomic E-state index is 0.0594. The van der Waals surface area contributed by atoms with Crippen LogP contribution in [0.15, 0.2) is 70.5 Å². The van der Waals surface area contributed by atoms with Crippen LogP contribution in [0.4, 0.5) is 22.0 Å². The van der Waals surface area contributed by atoms with E-state index in [-0.39, 0.29) is 28.0 Å². The molecule has 41 heavy (non-hydrogen) atoms. The molecule has 214 valence electrons. The number of rotatable bonds is 6. The van der Waals surface area contributed by atoms with Crippen molar-refractivity contribution in [3.05, 3.63) is 115 Å². The number of alkyl halides is 3. The Labute approximate surface area is 241 Å². The van der Waals surface area contributed by atoms with Crippen LogP contribution in [0.2, 0.25) is 5.02 Å². The van der Waals surface area contributed by atoms with E-state index in [0.29, 0.717) is 21.4 Å². The van der Waals surface area contributed by atoms with Gasteiger partial charge in [-0.2, -0.15) is 13.2 Å². The van der Waals surface area contributed by atoms with Crippen molar-refractivity contribution in [2.45, 2.75) is 36.6 Å². The number of nitrogens with zero attached hydrogens (tertiary/aromatic N) is 1. The van der Waals surface area contributed by atoms with Gasteiger partial charge in [-0.05, 0) is 53.9 Å². The zero-order valence-electron chi connectivity index (χ0n) is 21.9. The summed E-state index contributed by atoms with van der Waals surface area (Å²) in [6, 6.07) is 12.5. The number of pyridine rings is 1. The third kappa shape index (κ3) is 5.24. The molecule has 3 aromatic carbocycles. The first-order valence-corrected chi connectivity index (χ1v) is 13.9. The van der Waals surface area contributed by atoms with Crippen LogP contribution >= 0.6 is 23.4 Å². The first kappa shape index (κ1) is 29.2. The van der Waals surface area contributed by atoms with Gasteiger partial charge in [0.1, 0.15) is 5.82 Å². The lowest BCUT2D eigenvalue weighted by molar-refractivity contribution is -0.138. The SMILES string of the molecule is COc1cccc(-c2c(C)c(Cc3c(F)cccc3C(F)(F)F)c3n(c2=O)C(C(N)c2cccc(Cl)c2)CS3)c1F. The van der Waals surface area contributed by atoms with Gasteiger partial charge in [0.15, 0.2) is 11.6 Å². The highest BCUT2D eigenvalue weighted by Gasteiger charge is 2.38. The van der Waals surface area contributed by atoms with Crippen molar-refractivity contribution in [3.63, 3.8) is 0 Å². The van der Waals surface area contributed by atoms with Crippen molar-refractivity contribution < 1.29 is 26.7 Å². The molecule has 0 aliphatic carbocycles.